The number of benzene rings is 2. The van der Waals surface area contributed by atoms with E-state index in [1.54, 1.807) is 13.0 Å². The monoisotopic (exact) mass is 375 g/mol. The molecule has 0 atom stereocenters. The second-order valence-electron chi connectivity index (χ2n) is 6.10. The van der Waals surface area contributed by atoms with Gasteiger partial charge in [0.15, 0.2) is 9.84 Å². The first kappa shape index (κ1) is 19.7. The number of rotatable bonds is 7. The van der Waals surface area contributed by atoms with Gasteiger partial charge in [-0.1, -0.05) is 36.4 Å². The summed E-state index contributed by atoms with van der Waals surface area (Å²) in [7, 11) is -3.47. The summed E-state index contributed by atoms with van der Waals surface area (Å²) < 4.78 is 23.5. The number of carboxylic acids is 1. The van der Waals surface area contributed by atoms with Crippen molar-refractivity contribution in [1.82, 2.24) is 4.90 Å². The summed E-state index contributed by atoms with van der Waals surface area (Å²) >= 11 is 0. The van der Waals surface area contributed by atoms with Gasteiger partial charge in [-0.25, -0.2) is 8.42 Å². The molecular formula is C19H21NO5S. The van der Waals surface area contributed by atoms with Crippen LogP contribution in [0.15, 0.2) is 53.4 Å². The summed E-state index contributed by atoms with van der Waals surface area (Å²) in [6.45, 7) is 1.46. The molecule has 2 rings (SSSR count). The molecule has 0 unspecified atom stereocenters. The zero-order valence-corrected chi connectivity index (χ0v) is 15.5. The average Bonchev–Trinajstić information content (AvgIpc) is 2.58. The minimum absolute atomic E-state index is 0.0322. The van der Waals surface area contributed by atoms with E-state index >= 15 is 0 Å². The highest BCUT2D eigenvalue weighted by atomic mass is 32.2. The van der Waals surface area contributed by atoms with E-state index in [9.17, 15) is 18.0 Å². The highest BCUT2D eigenvalue weighted by molar-refractivity contribution is 7.90. The molecule has 0 radical (unpaired) electrons. The van der Waals surface area contributed by atoms with E-state index in [0.29, 0.717) is 12.0 Å². The van der Waals surface area contributed by atoms with Crippen molar-refractivity contribution in [3.8, 4) is 0 Å². The second kappa shape index (κ2) is 8.14. The Kier molecular flexibility index (Phi) is 6.15. The lowest BCUT2D eigenvalue weighted by molar-refractivity contribution is -0.137. The van der Waals surface area contributed by atoms with Crippen molar-refractivity contribution in [2.75, 3.05) is 19.3 Å². The normalized spacial score (nSPS) is 11.2. The molecule has 0 fully saturated rings. The summed E-state index contributed by atoms with van der Waals surface area (Å²) in [4.78, 5) is 25.3. The van der Waals surface area contributed by atoms with Crippen LogP contribution in [-0.2, 0) is 21.1 Å². The molecule has 26 heavy (non-hydrogen) atoms. The van der Waals surface area contributed by atoms with Crippen LogP contribution in [0.4, 0.5) is 0 Å². The molecule has 6 nitrogen and oxygen atoms in total. The molecule has 1 N–H and O–H groups in total. The first-order valence-electron chi connectivity index (χ1n) is 8.04. The molecule has 0 aliphatic heterocycles. The summed E-state index contributed by atoms with van der Waals surface area (Å²) in [5, 5.41) is 9.14. The topological polar surface area (TPSA) is 91.8 Å². The molecule has 7 heteroatoms. The van der Waals surface area contributed by atoms with Crippen molar-refractivity contribution in [3.63, 3.8) is 0 Å². The first-order chi connectivity index (χ1) is 12.2. The van der Waals surface area contributed by atoms with Gasteiger partial charge in [-0.15, -0.1) is 0 Å². The number of sulfone groups is 1. The number of nitrogens with zero attached hydrogens (tertiary/aromatic N) is 1. The first-order valence-corrected chi connectivity index (χ1v) is 9.93. The molecule has 0 aromatic heterocycles. The maximum Gasteiger partial charge on any atom is 0.323 e. The van der Waals surface area contributed by atoms with Gasteiger partial charge in [-0.2, -0.15) is 0 Å². The van der Waals surface area contributed by atoms with Crippen molar-refractivity contribution >= 4 is 21.7 Å². The third-order valence-electron chi connectivity index (χ3n) is 3.99. The SMILES string of the molecule is Cc1ccc(S(C)(=O)=O)cc1C(=O)N(CCc1ccccc1)CC(=O)O. The van der Waals surface area contributed by atoms with Crippen molar-refractivity contribution in [3.05, 3.63) is 65.2 Å². The summed E-state index contributed by atoms with van der Waals surface area (Å²) in [5.41, 5.74) is 1.78. The Hall–Kier alpha value is -2.67. The Morgan fingerprint density at radius 2 is 1.73 bits per heavy atom. The van der Waals surface area contributed by atoms with Crippen molar-refractivity contribution in [1.29, 1.82) is 0 Å². The van der Waals surface area contributed by atoms with Crippen LogP contribution in [0.25, 0.3) is 0 Å². The van der Waals surface area contributed by atoms with Crippen LogP contribution in [0.5, 0.6) is 0 Å². The smallest absolute Gasteiger partial charge is 0.323 e. The Morgan fingerprint density at radius 3 is 2.31 bits per heavy atom. The third kappa shape index (κ3) is 5.16. The Morgan fingerprint density at radius 1 is 1.08 bits per heavy atom. The van der Waals surface area contributed by atoms with Crippen molar-refractivity contribution < 1.29 is 23.1 Å². The quantitative estimate of drug-likeness (QED) is 0.801. The number of amides is 1. The average molecular weight is 375 g/mol. The molecule has 2 aromatic rings. The highest BCUT2D eigenvalue weighted by Gasteiger charge is 2.21. The lowest BCUT2D eigenvalue weighted by atomic mass is 10.1. The fraction of sp³-hybridized carbons (Fsp3) is 0.263. The molecular weight excluding hydrogens is 354 g/mol. The number of carbonyl (C=O) groups excluding carboxylic acids is 1. The van der Waals surface area contributed by atoms with Crippen LogP contribution in [0.2, 0.25) is 0 Å². The van der Waals surface area contributed by atoms with Gasteiger partial charge in [-0.3, -0.25) is 9.59 Å². The number of carboxylic acid groups (broad SMARTS) is 1. The van der Waals surface area contributed by atoms with E-state index in [1.807, 2.05) is 30.3 Å². The molecule has 1 amide bonds. The lowest BCUT2D eigenvalue weighted by Gasteiger charge is -2.22. The molecule has 138 valence electrons. The van der Waals surface area contributed by atoms with E-state index < -0.39 is 28.3 Å². The number of aliphatic carboxylic acids is 1. The molecule has 0 heterocycles. The fourth-order valence-electron chi connectivity index (χ4n) is 2.56. The van der Waals surface area contributed by atoms with Crippen LogP contribution >= 0.6 is 0 Å². The molecule has 0 saturated carbocycles. The van der Waals surface area contributed by atoms with Crippen LogP contribution in [-0.4, -0.2) is 49.6 Å². The standard InChI is InChI=1S/C19H21NO5S/c1-14-8-9-16(26(2,24)25)12-17(14)19(23)20(13-18(21)22)11-10-15-6-4-3-5-7-15/h3-9,12H,10-11,13H2,1-2H3,(H,21,22). The van der Waals surface area contributed by atoms with E-state index in [-0.39, 0.29) is 17.0 Å². The maximum absolute atomic E-state index is 12.9. The molecule has 0 spiro atoms. The fourth-order valence-corrected chi connectivity index (χ4v) is 3.20. The number of hydrogen-bond acceptors (Lipinski definition) is 4. The third-order valence-corrected chi connectivity index (χ3v) is 5.10. The van der Waals surface area contributed by atoms with Crippen molar-refractivity contribution in [2.24, 2.45) is 0 Å². The Labute approximate surface area is 153 Å². The Bertz CT molecular complexity index is 907. The summed E-state index contributed by atoms with van der Waals surface area (Å²) in [5.74, 6) is -1.62. The van der Waals surface area contributed by atoms with Gasteiger partial charge in [0.2, 0.25) is 0 Å². The van der Waals surface area contributed by atoms with Crippen LogP contribution < -0.4 is 0 Å². The van der Waals surface area contributed by atoms with Gasteiger partial charge in [-0.05, 0) is 36.6 Å². The largest absolute Gasteiger partial charge is 0.480 e. The number of hydrogen-bond donors (Lipinski definition) is 1. The lowest BCUT2D eigenvalue weighted by Crippen LogP contribution is -2.37. The van der Waals surface area contributed by atoms with Crippen LogP contribution in [0.3, 0.4) is 0 Å². The molecule has 0 aliphatic rings. The van der Waals surface area contributed by atoms with Crippen LogP contribution in [0, 0.1) is 6.92 Å². The molecule has 0 aliphatic carbocycles. The van der Waals surface area contributed by atoms with E-state index in [4.69, 9.17) is 5.11 Å². The van der Waals surface area contributed by atoms with Crippen molar-refractivity contribution in [2.45, 2.75) is 18.2 Å². The van der Waals surface area contributed by atoms with E-state index in [2.05, 4.69) is 0 Å². The van der Waals surface area contributed by atoms with Gasteiger partial charge >= 0.3 is 5.97 Å². The minimum Gasteiger partial charge on any atom is -0.480 e. The van der Waals surface area contributed by atoms with Gasteiger partial charge < -0.3 is 10.0 Å². The molecule has 0 bridgehead atoms. The Balaban J connectivity index is 2.30. The molecule has 2 aromatic carbocycles. The second-order valence-corrected chi connectivity index (χ2v) is 8.12. The van der Waals surface area contributed by atoms with E-state index in [0.717, 1.165) is 11.8 Å². The number of aryl methyl sites for hydroxylation is 1. The molecule has 0 saturated heterocycles. The summed E-state index contributed by atoms with van der Waals surface area (Å²) in [6.07, 6.45) is 1.57. The van der Waals surface area contributed by atoms with E-state index in [1.165, 1.54) is 17.0 Å². The van der Waals surface area contributed by atoms with Gasteiger partial charge in [0.1, 0.15) is 6.54 Å². The van der Waals surface area contributed by atoms with Crippen LogP contribution in [0.1, 0.15) is 21.5 Å². The van der Waals surface area contributed by atoms with Gasteiger partial charge in [0, 0.05) is 18.4 Å². The minimum atomic E-state index is -3.47. The zero-order valence-electron chi connectivity index (χ0n) is 14.7. The maximum atomic E-state index is 12.9. The zero-order chi connectivity index (χ0) is 19.3. The summed E-state index contributed by atoms with van der Waals surface area (Å²) in [6, 6.07) is 13.7. The van der Waals surface area contributed by atoms with Gasteiger partial charge in [0.25, 0.3) is 5.91 Å². The predicted octanol–water partition coefficient (Wildman–Crippen LogP) is 2.17. The highest BCUT2D eigenvalue weighted by Crippen LogP contribution is 2.18. The predicted molar refractivity (Wildman–Crippen MR) is 98.0 cm³/mol. The number of carbonyl (C=O) groups is 2. The van der Waals surface area contributed by atoms with Gasteiger partial charge in [0.05, 0.1) is 4.90 Å².